The van der Waals surface area contributed by atoms with Crippen LogP contribution < -0.4 is 0 Å². The molecule has 2 aromatic heterocycles. The van der Waals surface area contributed by atoms with E-state index in [1.54, 1.807) is 23.7 Å². The minimum absolute atomic E-state index is 1.41. The molecule has 0 aliphatic heterocycles. The fourth-order valence-corrected chi connectivity index (χ4v) is 1.49. The van der Waals surface area contributed by atoms with E-state index >= 15 is 0 Å². The molecule has 96 valence electrons. The summed E-state index contributed by atoms with van der Waals surface area (Å²) in [6, 6.07) is 7.85. The third kappa shape index (κ3) is 11.1. The summed E-state index contributed by atoms with van der Waals surface area (Å²) in [7, 11) is 0. The lowest BCUT2D eigenvalue weighted by atomic mass is 10.3. The van der Waals surface area contributed by atoms with E-state index in [1.165, 1.54) is 10.4 Å². The van der Waals surface area contributed by atoms with Gasteiger partial charge in [-0.3, -0.25) is 4.98 Å². The molecule has 0 aliphatic carbocycles. The van der Waals surface area contributed by atoms with Crippen molar-refractivity contribution in [2.45, 2.75) is 41.5 Å². The first-order valence-corrected chi connectivity index (χ1v) is 7.04. The predicted octanol–water partition coefficient (Wildman–Crippen LogP) is 5.50. The Labute approximate surface area is 111 Å². The van der Waals surface area contributed by atoms with E-state index < -0.39 is 0 Å². The molecule has 1 nitrogen and oxygen atoms in total. The Morgan fingerprint density at radius 1 is 0.882 bits per heavy atom. The lowest BCUT2D eigenvalue weighted by Gasteiger charge is -1.79. The van der Waals surface area contributed by atoms with Crippen LogP contribution in [0.25, 0.3) is 0 Å². The van der Waals surface area contributed by atoms with Crippen LogP contribution in [0.4, 0.5) is 0 Å². The predicted molar refractivity (Wildman–Crippen MR) is 80.7 cm³/mol. The largest absolute Gasteiger partial charge is 0.265 e. The Kier molecular flexibility index (Phi) is 15.9. The van der Waals surface area contributed by atoms with Crippen molar-refractivity contribution >= 4 is 11.3 Å². The van der Waals surface area contributed by atoms with Gasteiger partial charge in [-0.25, -0.2) is 0 Å². The number of aryl methyl sites for hydroxylation is 2. The summed E-state index contributed by atoms with van der Waals surface area (Å²) in [6.07, 6.45) is 3.50. The van der Waals surface area contributed by atoms with Crippen molar-refractivity contribution in [2.75, 3.05) is 0 Å². The van der Waals surface area contributed by atoms with E-state index in [1.807, 2.05) is 45.9 Å². The van der Waals surface area contributed by atoms with Gasteiger partial charge in [-0.15, -0.1) is 11.3 Å². The summed E-state index contributed by atoms with van der Waals surface area (Å²) in [5, 5.41) is 2.12. The molecule has 0 saturated heterocycles. The van der Waals surface area contributed by atoms with Crippen LogP contribution in [0.15, 0.2) is 42.0 Å². The number of aromatic nitrogens is 1. The fourth-order valence-electron chi connectivity index (χ4n) is 0.761. The highest BCUT2D eigenvalue weighted by Gasteiger charge is 1.87. The topological polar surface area (TPSA) is 12.9 Å². The molecule has 0 radical (unpaired) electrons. The Bertz CT molecular complexity index is 284. The maximum absolute atomic E-state index is 3.78. The molecule has 0 fully saturated rings. The monoisotopic (exact) mass is 251 g/mol. The first-order chi connectivity index (χ1) is 8.30. The van der Waals surface area contributed by atoms with Crippen LogP contribution in [-0.2, 0) is 0 Å². The van der Waals surface area contributed by atoms with Crippen LogP contribution in [0.3, 0.4) is 0 Å². The average Bonchev–Trinajstić information content (AvgIpc) is 2.81. The van der Waals surface area contributed by atoms with Crippen molar-refractivity contribution < 1.29 is 0 Å². The Balaban J connectivity index is 0. The second-order valence-corrected chi connectivity index (χ2v) is 3.80. The number of nitrogens with zero attached hydrogens (tertiary/aromatic N) is 1. The van der Waals surface area contributed by atoms with Crippen LogP contribution in [-0.4, -0.2) is 4.98 Å². The van der Waals surface area contributed by atoms with Gasteiger partial charge in [-0.1, -0.05) is 33.8 Å². The zero-order valence-corrected chi connectivity index (χ0v) is 12.7. The van der Waals surface area contributed by atoms with Crippen molar-refractivity contribution in [1.29, 1.82) is 0 Å². The standard InChI is InChI=1S/C6H8S.C5H5N.2C2H6/c1-5-3-4-7-6(5)2;1-2-4-6-5-3-1;2*1-2/h3-4H,1-2H3;1-5H;2*1-2H3. The van der Waals surface area contributed by atoms with Gasteiger partial charge in [-0.05, 0) is 43.0 Å². The minimum Gasteiger partial charge on any atom is -0.265 e. The summed E-state index contributed by atoms with van der Waals surface area (Å²) < 4.78 is 0. The zero-order chi connectivity index (χ0) is 13.5. The molecule has 2 rings (SSSR count). The van der Waals surface area contributed by atoms with E-state index in [9.17, 15) is 0 Å². The van der Waals surface area contributed by atoms with Gasteiger partial charge >= 0.3 is 0 Å². The van der Waals surface area contributed by atoms with E-state index in [-0.39, 0.29) is 0 Å². The number of pyridine rings is 1. The van der Waals surface area contributed by atoms with Gasteiger partial charge in [0.1, 0.15) is 0 Å². The van der Waals surface area contributed by atoms with Gasteiger partial charge < -0.3 is 0 Å². The molecule has 2 heterocycles. The summed E-state index contributed by atoms with van der Waals surface area (Å²) in [5.41, 5.74) is 1.41. The van der Waals surface area contributed by atoms with Crippen molar-refractivity contribution in [2.24, 2.45) is 0 Å². The quantitative estimate of drug-likeness (QED) is 0.602. The van der Waals surface area contributed by atoms with Crippen LogP contribution in [0, 0.1) is 13.8 Å². The number of hydrogen-bond donors (Lipinski definition) is 0. The normalized spacial score (nSPS) is 7.41. The molecule has 2 heteroatoms. The van der Waals surface area contributed by atoms with Gasteiger partial charge in [0.05, 0.1) is 0 Å². The molecule has 0 unspecified atom stereocenters. The highest BCUT2D eigenvalue weighted by Crippen LogP contribution is 2.12. The Morgan fingerprint density at radius 3 is 1.53 bits per heavy atom. The lowest BCUT2D eigenvalue weighted by Crippen LogP contribution is -1.61. The van der Waals surface area contributed by atoms with Gasteiger partial charge in [-0.2, -0.15) is 0 Å². The molecule has 0 aromatic carbocycles. The minimum atomic E-state index is 1.41. The fraction of sp³-hybridized carbons (Fsp3) is 0.400. The first-order valence-electron chi connectivity index (χ1n) is 6.16. The molecule has 0 saturated carbocycles. The molecule has 0 N–H and O–H groups in total. The van der Waals surface area contributed by atoms with E-state index in [0.29, 0.717) is 0 Å². The van der Waals surface area contributed by atoms with Crippen LogP contribution in [0.5, 0.6) is 0 Å². The summed E-state index contributed by atoms with van der Waals surface area (Å²) >= 11 is 1.80. The highest BCUT2D eigenvalue weighted by molar-refractivity contribution is 7.10. The Morgan fingerprint density at radius 2 is 1.41 bits per heavy atom. The summed E-state index contributed by atoms with van der Waals surface area (Å²) in [6.45, 7) is 12.3. The van der Waals surface area contributed by atoms with Crippen LogP contribution in [0.2, 0.25) is 0 Å². The van der Waals surface area contributed by atoms with Gasteiger partial charge in [0.15, 0.2) is 0 Å². The van der Waals surface area contributed by atoms with Crippen molar-refractivity contribution in [3.63, 3.8) is 0 Å². The average molecular weight is 251 g/mol. The molecular formula is C15H25NS. The van der Waals surface area contributed by atoms with Crippen molar-refractivity contribution in [3.8, 4) is 0 Å². The highest BCUT2D eigenvalue weighted by atomic mass is 32.1. The number of rotatable bonds is 0. The van der Waals surface area contributed by atoms with Crippen molar-refractivity contribution in [3.05, 3.63) is 52.5 Å². The zero-order valence-electron chi connectivity index (χ0n) is 11.9. The van der Waals surface area contributed by atoms with Gasteiger partial charge in [0.25, 0.3) is 0 Å². The molecule has 0 spiro atoms. The Hall–Kier alpha value is -1.15. The van der Waals surface area contributed by atoms with E-state index in [0.717, 1.165) is 0 Å². The molecule has 2 aromatic rings. The maximum atomic E-state index is 3.78. The third-order valence-corrected chi connectivity index (χ3v) is 2.63. The van der Waals surface area contributed by atoms with E-state index in [2.05, 4.69) is 30.3 Å². The second kappa shape index (κ2) is 14.8. The SMILES string of the molecule is CC.CC.Cc1ccsc1C.c1ccncc1. The summed E-state index contributed by atoms with van der Waals surface area (Å²) in [4.78, 5) is 5.22. The maximum Gasteiger partial charge on any atom is 0.0267 e. The van der Waals surface area contributed by atoms with Gasteiger partial charge in [0, 0.05) is 17.3 Å². The van der Waals surface area contributed by atoms with Crippen LogP contribution >= 0.6 is 11.3 Å². The molecule has 0 amide bonds. The molecule has 17 heavy (non-hydrogen) atoms. The number of thiophene rings is 1. The third-order valence-electron chi connectivity index (χ3n) is 1.68. The molecular weight excluding hydrogens is 226 g/mol. The van der Waals surface area contributed by atoms with Crippen molar-refractivity contribution in [1.82, 2.24) is 4.98 Å². The number of hydrogen-bond acceptors (Lipinski definition) is 2. The second-order valence-electron chi connectivity index (χ2n) is 2.68. The smallest absolute Gasteiger partial charge is 0.0267 e. The molecule has 0 bridgehead atoms. The van der Waals surface area contributed by atoms with Crippen LogP contribution in [0.1, 0.15) is 38.1 Å². The van der Waals surface area contributed by atoms with E-state index in [4.69, 9.17) is 0 Å². The first kappa shape index (κ1) is 18.2. The molecule has 0 atom stereocenters. The van der Waals surface area contributed by atoms with Gasteiger partial charge in [0.2, 0.25) is 0 Å². The molecule has 0 aliphatic rings. The lowest BCUT2D eigenvalue weighted by molar-refractivity contribution is 1.33. The summed E-state index contributed by atoms with van der Waals surface area (Å²) in [5.74, 6) is 0.